The molecule has 1 rings (SSSR count). The lowest BCUT2D eigenvalue weighted by Gasteiger charge is -2.15. The number of alkyl halides is 1. The molecule has 1 aromatic carbocycles. The van der Waals surface area contributed by atoms with Crippen LogP contribution in [0.3, 0.4) is 0 Å². The fourth-order valence-electron chi connectivity index (χ4n) is 1.94. The van der Waals surface area contributed by atoms with Gasteiger partial charge in [0.2, 0.25) is 0 Å². The fourth-order valence-corrected chi connectivity index (χ4v) is 1.94. The van der Waals surface area contributed by atoms with Gasteiger partial charge in [0.25, 0.3) is 0 Å². The van der Waals surface area contributed by atoms with Crippen LogP contribution in [0.25, 0.3) is 0 Å². The Balaban J connectivity index is 2.79. The van der Waals surface area contributed by atoms with Crippen molar-refractivity contribution in [2.45, 2.75) is 46.8 Å². The molecule has 0 fully saturated rings. The first kappa shape index (κ1) is 18.3. The molecule has 0 saturated heterocycles. The second kappa shape index (κ2) is 10.0. The highest BCUT2D eigenvalue weighted by Gasteiger charge is 2.06. The van der Waals surface area contributed by atoms with Gasteiger partial charge in [-0.3, -0.25) is 4.39 Å². The van der Waals surface area contributed by atoms with E-state index < -0.39 is 0 Å². The third-order valence-electron chi connectivity index (χ3n) is 2.94. The summed E-state index contributed by atoms with van der Waals surface area (Å²) in [6.45, 7) is 9.62. The molecular formula is C17H28FN3O. The number of rotatable bonds is 8. The second-order valence-corrected chi connectivity index (χ2v) is 5.44. The molecule has 0 atom stereocenters. The Morgan fingerprint density at radius 3 is 2.73 bits per heavy atom. The summed E-state index contributed by atoms with van der Waals surface area (Å²) in [4.78, 5) is 4.55. The van der Waals surface area contributed by atoms with Gasteiger partial charge in [-0.1, -0.05) is 12.1 Å². The van der Waals surface area contributed by atoms with Crippen molar-refractivity contribution in [3.8, 4) is 5.75 Å². The molecule has 5 heteroatoms. The summed E-state index contributed by atoms with van der Waals surface area (Å²) in [5.41, 5.74) is 2.21. The van der Waals surface area contributed by atoms with Gasteiger partial charge < -0.3 is 15.4 Å². The van der Waals surface area contributed by atoms with Crippen molar-refractivity contribution < 1.29 is 9.13 Å². The van der Waals surface area contributed by atoms with E-state index in [0.29, 0.717) is 25.5 Å². The van der Waals surface area contributed by atoms with Crippen LogP contribution < -0.4 is 15.4 Å². The maximum Gasteiger partial charge on any atom is 0.191 e. The Morgan fingerprint density at radius 2 is 2.09 bits per heavy atom. The first-order chi connectivity index (χ1) is 10.6. The van der Waals surface area contributed by atoms with Crippen molar-refractivity contribution in [3.63, 3.8) is 0 Å². The summed E-state index contributed by atoms with van der Waals surface area (Å²) in [6, 6.07) is 6.14. The molecule has 1 aromatic rings. The number of aryl methyl sites for hydroxylation is 1. The molecular weight excluding hydrogens is 281 g/mol. The van der Waals surface area contributed by atoms with Crippen LogP contribution in [-0.2, 0) is 6.54 Å². The van der Waals surface area contributed by atoms with Gasteiger partial charge in [-0.15, -0.1) is 0 Å². The average molecular weight is 309 g/mol. The van der Waals surface area contributed by atoms with Crippen LogP contribution in [0.4, 0.5) is 4.39 Å². The van der Waals surface area contributed by atoms with Gasteiger partial charge in [0.1, 0.15) is 5.75 Å². The molecule has 0 amide bonds. The Hall–Kier alpha value is -1.78. The number of hydrogen-bond acceptors (Lipinski definition) is 2. The number of nitrogens with one attached hydrogen (secondary N) is 2. The number of nitrogens with zero attached hydrogens (tertiary/aromatic N) is 1. The number of aliphatic imine (C=N–C) groups is 1. The van der Waals surface area contributed by atoms with Crippen molar-refractivity contribution in [2.24, 2.45) is 4.99 Å². The van der Waals surface area contributed by atoms with Crippen molar-refractivity contribution in [1.29, 1.82) is 0 Å². The van der Waals surface area contributed by atoms with E-state index in [1.54, 1.807) is 0 Å². The molecule has 0 unspecified atom stereocenters. The Bertz CT molecular complexity index is 475. The quantitative estimate of drug-likeness (QED) is 0.440. The molecule has 0 bridgehead atoms. The van der Waals surface area contributed by atoms with E-state index in [4.69, 9.17) is 4.74 Å². The van der Waals surface area contributed by atoms with E-state index >= 15 is 0 Å². The number of ether oxygens (including phenoxy) is 1. The summed E-state index contributed by atoms with van der Waals surface area (Å²) in [7, 11) is 0. The zero-order valence-corrected chi connectivity index (χ0v) is 14.1. The third kappa shape index (κ3) is 6.78. The Labute approximate surface area is 133 Å². The number of hydrogen-bond donors (Lipinski definition) is 2. The minimum absolute atomic E-state index is 0.125. The molecule has 124 valence electrons. The second-order valence-electron chi connectivity index (χ2n) is 5.44. The predicted octanol–water partition coefficient (Wildman–Crippen LogP) is 3.20. The van der Waals surface area contributed by atoms with E-state index in [1.807, 2.05) is 39.8 Å². The molecule has 0 aliphatic rings. The van der Waals surface area contributed by atoms with Gasteiger partial charge in [-0.05, 0) is 45.7 Å². The zero-order chi connectivity index (χ0) is 16.4. The number of guanidine groups is 1. The maximum absolute atomic E-state index is 12.2. The lowest BCUT2D eigenvalue weighted by Crippen LogP contribution is -2.37. The highest BCUT2D eigenvalue weighted by Crippen LogP contribution is 2.22. The van der Waals surface area contributed by atoms with Crippen molar-refractivity contribution in [1.82, 2.24) is 10.6 Å². The number of halogens is 1. The molecule has 0 aliphatic carbocycles. The van der Waals surface area contributed by atoms with Gasteiger partial charge >= 0.3 is 0 Å². The van der Waals surface area contributed by atoms with Crippen LogP contribution in [0, 0.1) is 6.92 Å². The molecule has 0 aromatic heterocycles. The summed E-state index contributed by atoms with van der Waals surface area (Å²) in [5, 5.41) is 6.28. The average Bonchev–Trinajstić information content (AvgIpc) is 2.46. The van der Waals surface area contributed by atoms with Crippen LogP contribution >= 0.6 is 0 Å². The molecule has 22 heavy (non-hydrogen) atoms. The van der Waals surface area contributed by atoms with Crippen LogP contribution in [0.15, 0.2) is 23.2 Å². The highest BCUT2D eigenvalue weighted by molar-refractivity contribution is 5.79. The van der Waals surface area contributed by atoms with E-state index in [1.165, 1.54) is 0 Å². The summed E-state index contributed by atoms with van der Waals surface area (Å²) in [6.07, 6.45) is 0.608. The lowest BCUT2D eigenvalue weighted by atomic mass is 10.1. The molecule has 0 saturated carbocycles. The topological polar surface area (TPSA) is 45.7 Å². The largest absolute Gasteiger partial charge is 0.491 e. The monoisotopic (exact) mass is 309 g/mol. The maximum atomic E-state index is 12.2. The van der Waals surface area contributed by atoms with Crippen LogP contribution in [-0.4, -0.2) is 31.8 Å². The summed E-state index contributed by atoms with van der Waals surface area (Å²) < 4.78 is 18.0. The van der Waals surface area contributed by atoms with Gasteiger partial charge in [-0.25, -0.2) is 4.99 Å². The van der Waals surface area contributed by atoms with E-state index in [0.717, 1.165) is 23.4 Å². The van der Waals surface area contributed by atoms with Gasteiger partial charge in [0.15, 0.2) is 5.96 Å². The van der Waals surface area contributed by atoms with Crippen LogP contribution in [0.2, 0.25) is 0 Å². The number of benzene rings is 1. The molecule has 0 radical (unpaired) electrons. The first-order valence-corrected chi connectivity index (χ1v) is 7.91. The highest BCUT2D eigenvalue weighted by atomic mass is 19.1. The predicted molar refractivity (Wildman–Crippen MR) is 90.4 cm³/mol. The van der Waals surface area contributed by atoms with E-state index in [9.17, 15) is 4.39 Å². The fraction of sp³-hybridized carbons (Fsp3) is 0.588. The smallest absolute Gasteiger partial charge is 0.191 e. The van der Waals surface area contributed by atoms with Gasteiger partial charge in [0, 0.05) is 18.7 Å². The minimum atomic E-state index is -0.323. The Morgan fingerprint density at radius 1 is 1.32 bits per heavy atom. The van der Waals surface area contributed by atoms with Gasteiger partial charge in [-0.2, -0.15) is 0 Å². The minimum Gasteiger partial charge on any atom is -0.491 e. The molecule has 0 aliphatic heterocycles. The van der Waals surface area contributed by atoms with E-state index in [2.05, 4.69) is 21.7 Å². The lowest BCUT2D eigenvalue weighted by molar-refractivity contribution is 0.240. The van der Waals surface area contributed by atoms with Crippen molar-refractivity contribution in [3.05, 3.63) is 29.3 Å². The van der Waals surface area contributed by atoms with Crippen molar-refractivity contribution >= 4 is 5.96 Å². The Kier molecular flexibility index (Phi) is 8.33. The summed E-state index contributed by atoms with van der Waals surface area (Å²) >= 11 is 0. The first-order valence-electron chi connectivity index (χ1n) is 7.91. The zero-order valence-electron chi connectivity index (χ0n) is 14.1. The molecule has 0 heterocycles. The normalized spacial score (nSPS) is 11.6. The molecule has 2 N–H and O–H groups in total. The standard InChI is InChI=1S/C17H28FN3O/c1-5-19-17(20-10-6-9-18)21-12-15-8-7-14(4)11-16(15)22-13(2)3/h7-8,11,13H,5-6,9-10,12H2,1-4H3,(H2,19,20,21). The van der Waals surface area contributed by atoms with Crippen LogP contribution in [0.1, 0.15) is 38.3 Å². The van der Waals surface area contributed by atoms with Crippen molar-refractivity contribution in [2.75, 3.05) is 19.8 Å². The molecule has 4 nitrogen and oxygen atoms in total. The van der Waals surface area contributed by atoms with Gasteiger partial charge in [0.05, 0.1) is 19.3 Å². The van der Waals surface area contributed by atoms with E-state index in [-0.39, 0.29) is 12.8 Å². The SMILES string of the molecule is CCNC(=NCc1ccc(C)cc1OC(C)C)NCCCF. The molecule has 0 spiro atoms. The van der Waals surface area contributed by atoms with Crippen LogP contribution in [0.5, 0.6) is 5.75 Å². The third-order valence-corrected chi connectivity index (χ3v) is 2.94. The summed E-state index contributed by atoms with van der Waals surface area (Å²) in [5.74, 6) is 1.57.